The number of hydrogen-bond donors (Lipinski definition) is 1. The summed E-state index contributed by atoms with van der Waals surface area (Å²) in [6.07, 6.45) is 0. The highest BCUT2D eigenvalue weighted by Crippen LogP contribution is 2.28. The molecule has 98 valence electrons. The lowest BCUT2D eigenvalue weighted by atomic mass is 10.1. The molecule has 0 aliphatic rings. The van der Waals surface area contributed by atoms with Crippen LogP contribution < -0.4 is 0 Å². The number of carboxylic acids is 1. The van der Waals surface area contributed by atoms with Gasteiger partial charge in [0.2, 0.25) is 0 Å². The van der Waals surface area contributed by atoms with Crippen molar-refractivity contribution >= 4 is 33.7 Å². The van der Waals surface area contributed by atoms with Crippen molar-refractivity contribution in [1.82, 2.24) is 0 Å². The van der Waals surface area contributed by atoms with E-state index in [1.54, 1.807) is 24.3 Å². The van der Waals surface area contributed by atoms with E-state index >= 15 is 0 Å². The quantitative estimate of drug-likeness (QED) is 0.827. The number of hydrogen-bond acceptors (Lipinski definition) is 2. The maximum absolute atomic E-state index is 13.0. The smallest absolute Gasteiger partial charge is 0.335 e. The summed E-state index contributed by atoms with van der Waals surface area (Å²) in [6, 6.07) is 11.3. The van der Waals surface area contributed by atoms with E-state index in [0.717, 1.165) is 14.9 Å². The number of carboxylic acid groups (broad SMARTS) is 1. The second kappa shape index (κ2) is 6.21. The lowest BCUT2D eigenvalue weighted by Gasteiger charge is -2.06. The molecule has 0 amide bonds. The highest BCUT2D eigenvalue weighted by molar-refractivity contribution is 9.10. The van der Waals surface area contributed by atoms with Gasteiger partial charge in [-0.2, -0.15) is 0 Å². The molecule has 0 heterocycles. The number of halogens is 2. The molecule has 2 aromatic rings. The fourth-order valence-electron chi connectivity index (χ4n) is 1.52. The monoisotopic (exact) mass is 340 g/mol. The molecular weight excluding hydrogens is 331 g/mol. The summed E-state index contributed by atoms with van der Waals surface area (Å²) in [7, 11) is 0. The van der Waals surface area contributed by atoms with Crippen LogP contribution in [0.15, 0.2) is 51.8 Å². The first kappa shape index (κ1) is 14.1. The average molecular weight is 341 g/mol. The first-order valence-corrected chi connectivity index (χ1v) is 7.24. The lowest BCUT2D eigenvalue weighted by Crippen LogP contribution is -1.96. The standard InChI is InChI=1S/C14H10BrFO2S/c15-13-6-9(14(17)18)4-5-10(13)8-19-12-3-1-2-11(16)7-12/h1-7H,8H2,(H,17,18). The molecule has 0 aliphatic heterocycles. The molecule has 0 bridgehead atoms. The molecule has 5 heteroatoms. The molecule has 0 saturated heterocycles. The van der Waals surface area contributed by atoms with Crippen LogP contribution in [0.2, 0.25) is 0 Å². The van der Waals surface area contributed by atoms with Crippen molar-refractivity contribution in [3.05, 3.63) is 63.9 Å². The first-order chi connectivity index (χ1) is 9.06. The van der Waals surface area contributed by atoms with E-state index in [-0.39, 0.29) is 11.4 Å². The van der Waals surface area contributed by atoms with Crippen molar-refractivity contribution in [2.75, 3.05) is 0 Å². The van der Waals surface area contributed by atoms with Crippen LogP contribution in [0.3, 0.4) is 0 Å². The molecule has 0 aliphatic carbocycles. The second-order valence-corrected chi connectivity index (χ2v) is 5.76. The van der Waals surface area contributed by atoms with Crippen molar-refractivity contribution in [3.63, 3.8) is 0 Å². The Bertz CT molecular complexity index is 616. The Kier molecular flexibility index (Phi) is 4.61. The first-order valence-electron chi connectivity index (χ1n) is 5.46. The van der Waals surface area contributed by atoms with Gasteiger partial charge in [-0.1, -0.05) is 28.1 Å². The largest absolute Gasteiger partial charge is 0.478 e. The lowest BCUT2D eigenvalue weighted by molar-refractivity contribution is 0.0697. The van der Waals surface area contributed by atoms with Crippen LogP contribution in [0.5, 0.6) is 0 Å². The van der Waals surface area contributed by atoms with E-state index in [1.807, 2.05) is 6.07 Å². The summed E-state index contributed by atoms with van der Waals surface area (Å²) in [6.45, 7) is 0. The third-order valence-electron chi connectivity index (χ3n) is 2.49. The minimum atomic E-state index is -0.954. The van der Waals surface area contributed by atoms with E-state index in [1.165, 1.54) is 23.9 Å². The molecule has 0 fully saturated rings. The zero-order chi connectivity index (χ0) is 13.8. The van der Waals surface area contributed by atoms with Crippen molar-refractivity contribution in [2.24, 2.45) is 0 Å². The van der Waals surface area contributed by atoms with Crippen LogP contribution in [0.25, 0.3) is 0 Å². The molecule has 1 N–H and O–H groups in total. The summed E-state index contributed by atoms with van der Waals surface area (Å²) in [5.41, 5.74) is 1.21. The molecule has 0 unspecified atom stereocenters. The normalized spacial score (nSPS) is 10.4. The van der Waals surface area contributed by atoms with Gasteiger partial charge in [-0.3, -0.25) is 0 Å². The van der Waals surface area contributed by atoms with Crippen LogP contribution in [0, 0.1) is 5.82 Å². The van der Waals surface area contributed by atoms with Crippen LogP contribution >= 0.6 is 27.7 Å². The van der Waals surface area contributed by atoms with Gasteiger partial charge < -0.3 is 5.11 Å². The highest BCUT2D eigenvalue weighted by atomic mass is 79.9. The molecule has 0 saturated carbocycles. The highest BCUT2D eigenvalue weighted by Gasteiger charge is 2.07. The number of benzene rings is 2. The Balaban J connectivity index is 2.10. The van der Waals surface area contributed by atoms with Crippen molar-refractivity contribution < 1.29 is 14.3 Å². The van der Waals surface area contributed by atoms with Gasteiger partial charge in [-0.15, -0.1) is 11.8 Å². The summed E-state index contributed by atoms with van der Waals surface area (Å²) < 4.78 is 13.8. The average Bonchev–Trinajstić information content (AvgIpc) is 2.37. The Hall–Kier alpha value is -1.33. The van der Waals surface area contributed by atoms with E-state index in [4.69, 9.17) is 5.11 Å². The fraction of sp³-hybridized carbons (Fsp3) is 0.0714. The molecule has 2 rings (SSSR count). The topological polar surface area (TPSA) is 37.3 Å². The fourth-order valence-corrected chi connectivity index (χ4v) is 3.16. The van der Waals surface area contributed by atoms with Crippen molar-refractivity contribution in [2.45, 2.75) is 10.6 Å². The Morgan fingerprint density at radius 1 is 1.26 bits per heavy atom. The SMILES string of the molecule is O=C(O)c1ccc(CSc2cccc(F)c2)c(Br)c1. The van der Waals surface area contributed by atoms with Gasteiger partial charge in [0.15, 0.2) is 0 Å². The van der Waals surface area contributed by atoms with E-state index < -0.39 is 5.97 Å². The molecule has 0 radical (unpaired) electrons. The molecule has 19 heavy (non-hydrogen) atoms. The summed E-state index contributed by atoms with van der Waals surface area (Å²) in [5, 5.41) is 8.87. The maximum Gasteiger partial charge on any atom is 0.335 e. The number of thioether (sulfide) groups is 1. The van der Waals surface area contributed by atoms with Gasteiger partial charge in [0.1, 0.15) is 5.82 Å². The van der Waals surface area contributed by atoms with E-state index in [9.17, 15) is 9.18 Å². The number of aromatic carboxylic acids is 1. The summed E-state index contributed by atoms with van der Waals surface area (Å²) in [4.78, 5) is 11.7. The Morgan fingerprint density at radius 2 is 2.05 bits per heavy atom. The molecular formula is C14H10BrFO2S. The predicted octanol–water partition coefficient (Wildman–Crippen LogP) is 4.58. The van der Waals surface area contributed by atoms with Crippen LogP contribution in [-0.2, 0) is 5.75 Å². The second-order valence-electron chi connectivity index (χ2n) is 3.86. The van der Waals surface area contributed by atoms with Crippen molar-refractivity contribution in [3.8, 4) is 0 Å². The van der Waals surface area contributed by atoms with Crippen molar-refractivity contribution in [1.29, 1.82) is 0 Å². The zero-order valence-corrected chi connectivity index (χ0v) is 12.2. The predicted molar refractivity (Wildman–Crippen MR) is 77.1 cm³/mol. The summed E-state index contributed by atoms with van der Waals surface area (Å²) in [5.74, 6) is -0.570. The number of rotatable bonds is 4. The molecule has 0 aromatic heterocycles. The summed E-state index contributed by atoms with van der Waals surface area (Å²) >= 11 is 4.85. The van der Waals surface area contributed by atoms with Gasteiger partial charge in [0.25, 0.3) is 0 Å². The molecule has 0 atom stereocenters. The molecule has 2 aromatic carbocycles. The van der Waals surface area contributed by atoms with Crippen LogP contribution in [0.4, 0.5) is 4.39 Å². The van der Waals surface area contributed by atoms with E-state index in [2.05, 4.69) is 15.9 Å². The van der Waals surface area contributed by atoms with Gasteiger partial charge in [-0.25, -0.2) is 9.18 Å². The van der Waals surface area contributed by atoms with E-state index in [0.29, 0.717) is 5.75 Å². The number of carbonyl (C=O) groups is 1. The molecule has 2 nitrogen and oxygen atoms in total. The maximum atomic E-state index is 13.0. The third-order valence-corrected chi connectivity index (χ3v) is 4.27. The van der Waals surface area contributed by atoms with Gasteiger partial charge in [-0.05, 0) is 35.9 Å². The van der Waals surface area contributed by atoms with Gasteiger partial charge in [0, 0.05) is 15.1 Å². The third kappa shape index (κ3) is 3.81. The van der Waals surface area contributed by atoms with Gasteiger partial charge >= 0.3 is 5.97 Å². The zero-order valence-electron chi connectivity index (χ0n) is 9.77. The molecule has 0 spiro atoms. The van der Waals surface area contributed by atoms with Crippen LogP contribution in [-0.4, -0.2) is 11.1 Å². The Morgan fingerprint density at radius 3 is 2.68 bits per heavy atom. The minimum absolute atomic E-state index is 0.242. The minimum Gasteiger partial charge on any atom is -0.478 e. The Labute approximate surface area is 122 Å². The van der Waals surface area contributed by atoms with Crippen LogP contribution in [0.1, 0.15) is 15.9 Å². The van der Waals surface area contributed by atoms with Gasteiger partial charge in [0.05, 0.1) is 5.56 Å².